The number of nitrogens with one attached hydrogen (secondary N) is 3. The molecule has 0 aliphatic heterocycles. The number of sulfonamides is 1. The van der Waals surface area contributed by atoms with Crippen LogP contribution < -0.4 is 15.4 Å². The van der Waals surface area contributed by atoms with Gasteiger partial charge in [0.2, 0.25) is 10.0 Å². The number of hydrogen-bond donors (Lipinski definition) is 3. The summed E-state index contributed by atoms with van der Waals surface area (Å²) >= 11 is 0. The number of aryl methyl sites for hydroxylation is 1. The van der Waals surface area contributed by atoms with Gasteiger partial charge in [0, 0.05) is 11.4 Å². The van der Waals surface area contributed by atoms with E-state index in [-0.39, 0.29) is 6.04 Å². The quantitative estimate of drug-likeness (QED) is 0.759. The molecule has 2 aromatic rings. The molecule has 1 unspecified atom stereocenters. The molecule has 0 saturated carbocycles. The third-order valence-electron chi connectivity index (χ3n) is 3.49. The van der Waals surface area contributed by atoms with Crippen molar-refractivity contribution in [1.29, 1.82) is 0 Å². The lowest BCUT2D eigenvalue weighted by molar-refractivity contribution is 0.249. The Hall–Kier alpha value is -2.61. The van der Waals surface area contributed by atoms with Crippen molar-refractivity contribution in [3.05, 3.63) is 59.4 Å². The Morgan fingerprint density at radius 1 is 1.16 bits per heavy atom. The lowest BCUT2D eigenvalue weighted by Gasteiger charge is -2.17. The highest BCUT2D eigenvalue weighted by Crippen LogP contribution is 2.19. The van der Waals surface area contributed by atoms with Crippen LogP contribution in [0.25, 0.3) is 0 Å². The zero-order valence-corrected chi connectivity index (χ0v) is 14.9. The van der Waals surface area contributed by atoms with Crippen molar-refractivity contribution in [3.8, 4) is 0 Å². The van der Waals surface area contributed by atoms with Gasteiger partial charge < -0.3 is 10.6 Å². The summed E-state index contributed by atoms with van der Waals surface area (Å²) in [4.78, 5) is 12.1. The number of halogens is 1. The Labute approximate surface area is 146 Å². The lowest BCUT2D eigenvalue weighted by Crippen LogP contribution is -2.31. The summed E-state index contributed by atoms with van der Waals surface area (Å²) < 4.78 is 38.3. The highest BCUT2D eigenvalue weighted by molar-refractivity contribution is 7.92. The van der Waals surface area contributed by atoms with Crippen molar-refractivity contribution in [2.45, 2.75) is 19.9 Å². The average molecular weight is 365 g/mol. The van der Waals surface area contributed by atoms with Gasteiger partial charge in [0.25, 0.3) is 0 Å². The number of carbonyl (C=O) groups excluding carboxylic acids is 1. The van der Waals surface area contributed by atoms with Gasteiger partial charge in [-0.2, -0.15) is 0 Å². The van der Waals surface area contributed by atoms with Gasteiger partial charge >= 0.3 is 6.03 Å². The zero-order chi connectivity index (χ0) is 18.6. The summed E-state index contributed by atoms with van der Waals surface area (Å²) in [5, 5.41) is 5.33. The summed E-state index contributed by atoms with van der Waals surface area (Å²) in [6.07, 6.45) is 1.07. The minimum atomic E-state index is -3.38. The van der Waals surface area contributed by atoms with Gasteiger partial charge in [0.15, 0.2) is 0 Å². The van der Waals surface area contributed by atoms with E-state index in [4.69, 9.17) is 0 Å². The fourth-order valence-corrected chi connectivity index (χ4v) is 2.81. The average Bonchev–Trinajstić information content (AvgIpc) is 2.49. The molecule has 0 aliphatic rings. The van der Waals surface area contributed by atoms with E-state index in [0.717, 1.165) is 17.4 Å². The van der Waals surface area contributed by atoms with Gasteiger partial charge in [0.05, 0.1) is 12.3 Å². The topological polar surface area (TPSA) is 87.3 Å². The molecule has 8 heteroatoms. The molecule has 1 atom stereocenters. The Morgan fingerprint density at radius 3 is 2.56 bits per heavy atom. The van der Waals surface area contributed by atoms with Crippen molar-refractivity contribution < 1.29 is 17.6 Å². The SMILES string of the molecule is Cc1ccc(F)cc1NC(=O)NC(C)c1cccc(NS(C)(=O)=O)c1. The van der Waals surface area contributed by atoms with E-state index in [1.165, 1.54) is 12.1 Å². The molecule has 0 saturated heterocycles. The van der Waals surface area contributed by atoms with Gasteiger partial charge in [-0.15, -0.1) is 0 Å². The first-order valence-corrected chi connectivity index (χ1v) is 9.44. The first-order valence-electron chi connectivity index (χ1n) is 7.55. The molecule has 0 bridgehead atoms. The highest BCUT2D eigenvalue weighted by atomic mass is 32.2. The maximum Gasteiger partial charge on any atom is 0.319 e. The zero-order valence-electron chi connectivity index (χ0n) is 14.1. The number of benzene rings is 2. The van der Waals surface area contributed by atoms with E-state index in [2.05, 4.69) is 15.4 Å². The van der Waals surface area contributed by atoms with E-state index in [0.29, 0.717) is 11.4 Å². The highest BCUT2D eigenvalue weighted by Gasteiger charge is 2.12. The molecular weight excluding hydrogens is 345 g/mol. The first-order chi connectivity index (χ1) is 11.6. The maximum absolute atomic E-state index is 13.3. The number of anilines is 2. The van der Waals surface area contributed by atoms with Crippen LogP contribution in [0.3, 0.4) is 0 Å². The summed E-state index contributed by atoms with van der Waals surface area (Å²) in [6.45, 7) is 3.52. The molecule has 134 valence electrons. The van der Waals surface area contributed by atoms with Crippen LogP contribution in [0.1, 0.15) is 24.1 Å². The molecule has 0 spiro atoms. The van der Waals surface area contributed by atoms with Gasteiger partial charge in [-0.05, 0) is 49.2 Å². The van der Waals surface area contributed by atoms with Crippen molar-refractivity contribution in [3.63, 3.8) is 0 Å². The number of rotatable bonds is 5. The normalized spacial score (nSPS) is 12.3. The first kappa shape index (κ1) is 18.7. The van der Waals surface area contributed by atoms with Crippen molar-refractivity contribution in [2.75, 3.05) is 16.3 Å². The Morgan fingerprint density at radius 2 is 1.88 bits per heavy atom. The summed E-state index contributed by atoms with van der Waals surface area (Å²) in [7, 11) is -3.38. The lowest BCUT2D eigenvalue weighted by atomic mass is 10.1. The van der Waals surface area contributed by atoms with Gasteiger partial charge in [-0.3, -0.25) is 4.72 Å². The molecule has 0 heterocycles. The van der Waals surface area contributed by atoms with Crippen LogP contribution in [0.2, 0.25) is 0 Å². The molecule has 2 aromatic carbocycles. The molecule has 0 aliphatic carbocycles. The van der Waals surface area contributed by atoms with Crippen LogP contribution in [0, 0.1) is 12.7 Å². The Bertz CT molecular complexity index is 884. The third kappa shape index (κ3) is 5.75. The standard InChI is InChI=1S/C17H20FN3O3S/c1-11-7-8-14(18)10-16(11)20-17(22)19-12(2)13-5-4-6-15(9-13)21-25(3,23)24/h4-10,12,21H,1-3H3,(H2,19,20,22). The number of amides is 2. The fraction of sp³-hybridized carbons (Fsp3) is 0.235. The number of carbonyl (C=O) groups is 1. The van der Waals surface area contributed by atoms with Gasteiger partial charge in [0.1, 0.15) is 5.82 Å². The molecule has 25 heavy (non-hydrogen) atoms. The molecule has 0 aromatic heterocycles. The second kappa shape index (κ2) is 7.52. The van der Waals surface area contributed by atoms with Crippen LogP contribution >= 0.6 is 0 Å². The molecule has 2 amide bonds. The monoisotopic (exact) mass is 365 g/mol. The summed E-state index contributed by atoms with van der Waals surface area (Å²) in [5.41, 5.74) is 2.26. The molecule has 0 fully saturated rings. The van der Waals surface area contributed by atoms with Gasteiger partial charge in [-0.1, -0.05) is 18.2 Å². The largest absolute Gasteiger partial charge is 0.331 e. The fourth-order valence-electron chi connectivity index (χ4n) is 2.25. The van der Waals surface area contributed by atoms with Crippen LogP contribution in [0.15, 0.2) is 42.5 Å². The van der Waals surface area contributed by atoms with Crippen molar-refractivity contribution in [1.82, 2.24) is 5.32 Å². The second-order valence-corrected chi connectivity index (χ2v) is 7.53. The predicted molar refractivity (Wildman–Crippen MR) is 96.6 cm³/mol. The Kier molecular flexibility index (Phi) is 5.63. The minimum absolute atomic E-state index is 0.379. The molecule has 0 radical (unpaired) electrons. The Balaban J connectivity index is 2.06. The summed E-state index contributed by atoms with van der Waals surface area (Å²) in [5.74, 6) is -0.437. The van der Waals surface area contributed by atoms with E-state index < -0.39 is 21.9 Å². The van der Waals surface area contributed by atoms with Crippen LogP contribution in [-0.4, -0.2) is 20.7 Å². The third-order valence-corrected chi connectivity index (χ3v) is 4.09. The van der Waals surface area contributed by atoms with Crippen LogP contribution in [0.4, 0.5) is 20.6 Å². The van der Waals surface area contributed by atoms with Crippen molar-refractivity contribution in [2.24, 2.45) is 0 Å². The number of urea groups is 1. The molecule has 2 rings (SSSR count). The smallest absolute Gasteiger partial charge is 0.319 e. The van der Waals surface area contributed by atoms with E-state index >= 15 is 0 Å². The second-order valence-electron chi connectivity index (χ2n) is 5.78. The van der Waals surface area contributed by atoms with Crippen molar-refractivity contribution >= 4 is 27.4 Å². The van der Waals surface area contributed by atoms with Gasteiger partial charge in [-0.25, -0.2) is 17.6 Å². The maximum atomic E-state index is 13.3. The van der Waals surface area contributed by atoms with E-state index in [1.807, 2.05) is 0 Å². The van der Waals surface area contributed by atoms with Crippen LogP contribution in [-0.2, 0) is 10.0 Å². The molecular formula is C17H20FN3O3S. The number of hydrogen-bond acceptors (Lipinski definition) is 3. The summed E-state index contributed by atoms with van der Waals surface area (Å²) in [6, 6.07) is 10.00. The van der Waals surface area contributed by atoms with Crippen LogP contribution in [0.5, 0.6) is 0 Å². The minimum Gasteiger partial charge on any atom is -0.331 e. The molecule has 3 N–H and O–H groups in total. The van der Waals surface area contributed by atoms with E-state index in [1.54, 1.807) is 44.2 Å². The molecule has 6 nitrogen and oxygen atoms in total. The van der Waals surface area contributed by atoms with E-state index in [9.17, 15) is 17.6 Å². The predicted octanol–water partition coefficient (Wildman–Crippen LogP) is 3.39.